The molecular weight excluding hydrogens is 222 g/mol. The largest absolute Gasteiger partial charge is 0.508 e. The molecule has 2 aliphatic heterocycles. The summed E-state index contributed by atoms with van der Waals surface area (Å²) in [5.74, 6) is 1.37. The van der Waals surface area contributed by atoms with Crippen LogP contribution in [0, 0.1) is 5.92 Å². The van der Waals surface area contributed by atoms with Crippen LogP contribution in [0.5, 0.6) is 5.75 Å². The third-order valence-electron chi connectivity index (χ3n) is 5.14. The van der Waals surface area contributed by atoms with Crippen LogP contribution in [-0.2, 0) is 6.42 Å². The van der Waals surface area contributed by atoms with Gasteiger partial charge in [-0.3, -0.25) is 0 Å². The van der Waals surface area contributed by atoms with Crippen molar-refractivity contribution in [2.24, 2.45) is 5.92 Å². The molecular formula is C16H20NO+. The van der Waals surface area contributed by atoms with E-state index in [-0.39, 0.29) is 0 Å². The maximum Gasteiger partial charge on any atom is 0.183 e. The molecule has 18 heavy (non-hydrogen) atoms. The standard InChI is InChI=1S/C16H19NO/c18-13-5-6-14-12(10-13)8-9-17-15-3-1-2-11(15)4-7-16(14)17/h5-6,10-11,15H,1-4,7-9H2/p+1/t11-,15+/m0/s1. The van der Waals surface area contributed by atoms with Crippen LogP contribution in [0.15, 0.2) is 18.2 Å². The summed E-state index contributed by atoms with van der Waals surface area (Å²) in [4.78, 5) is 0. The van der Waals surface area contributed by atoms with Gasteiger partial charge in [-0.15, -0.1) is 0 Å². The van der Waals surface area contributed by atoms with E-state index in [1.807, 2.05) is 12.1 Å². The molecule has 1 N–H and O–H groups in total. The number of rotatable bonds is 0. The molecule has 2 atom stereocenters. The number of hydrogen-bond donors (Lipinski definition) is 1. The van der Waals surface area contributed by atoms with Crippen molar-refractivity contribution in [1.82, 2.24) is 0 Å². The highest BCUT2D eigenvalue weighted by molar-refractivity contribution is 5.99. The Morgan fingerprint density at radius 1 is 1.11 bits per heavy atom. The first-order valence-corrected chi connectivity index (χ1v) is 7.27. The minimum Gasteiger partial charge on any atom is -0.508 e. The summed E-state index contributed by atoms with van der Waals surface area (Å²) in [6, 6.07) is 6.74. The predicted molar refractivity (Wildman–Crippen MR) is 71.4 cm³/mol. The fraction of sp³-hybridized carbons (Fsp3) is 0.562. The van der Waals surface area contributed by atoms with E-state index >= 15 is 0 Å². The molecule has 1 saturated carbocycles. The quantitative estimate of drug-likeness (QED) is 0.695. The van der Waals surface area contributed by atoms with Gasteiger partial charge in [-0.1, -0.05) is 0 Å². The summed E-state index contributed by atoms with van der Waals surface area (Å²) in [5.41, 5.74) is 4.31. The van der Waals surface area contributed by atoms with Crippen molar-refractivity contribution in [2.75, 3.05) is 6.54 Å². The molecule has 0 spiro atoms. The third kappa shape index (κ3) is 1.44. The molecule has 1 aromatic rings. The number of aromatic hydroxyl groups is 1. The summed E-state index contributed by atoms with van der Waals surface area (Å²) in [6.45, 7) is 1.16. The fourth-order valence-electron chi connectivity index (χ4n) is 4.33. The SMILES string of the molecule is Oc1ccc2c(c1)CC[N+]1=C2CC[C@@H]2CCC[C@H]21. The first-order valence-electron chi connectivity index (χ1n) is 7.27. The molecule has 1 fully saturated rings. The molecule has 0 amide bonds. The van der Waals surface area contributed by atoms with Crippen molar-refractivity contribution in [2.45, 2.75) is 44.6 Å². The van der Waals surface area contributed by atoms with Crippen LogP contribution < -0.4 is 0 Å². The second-order valence-electron chi connectivity index (χ2n) is 6.03. The highest BCUT2D eigenvalue weighted by atomic mass is 16.3. The number of benzene rings is 1. The first-order chi connectivity index (χ1) is 8.83. The molecule has 4 rings (SSSR count). The van der Waals surface area contributed by atoms with E-state index in [4.69, 9.17) is 0 Å². The van der Waals surface area contributed by atoms with Crippen LogP contribution in [-0.4, -0.2) is 28.0 Å². The monoisotopic (exact) mass is 242 g/mol. The van der Waals surface area contributed by atoms with E-state index in [1.165, 1.54) is 43.2 Å². The summed E-state index contributed by atoms with van der Waals surface area (Å²) in [7, 11) is 0. The summed E-state index contributed by atoms with van der Waals surface area (Å²) in [5, 5.41) is 9.61. The number of phenolic OH excluding ortho intramolecular Hbond substituents is 1. The Morgan fingerprint density at radius 3 is 3.00 bits per heavy atom. The second-order valence-corrected chi connectivity index (χ2v) is 6.03. The van der Waals surface area contributed by atoms with Gasteiger partial charge in [0.15, 0.2) is 11.8 Å². The Kier molecular flexibility index (Phi) is 2.26. The zero-order valence-corrected chi connectivity index (χ0v) is 10.7. The summed E-state index contributed by atoms with van der Waals surface area (Å²) in [6.07, 6.45) is 7.95. The van der Waals surface area contributed by atoms with Crippen LogP contribution >= 0.6 is 0 Å². The van der Waals surface area contributed by atoms with E-state index in [1.54, 1.807) is 5.71 Å². The minimum absolute atomic E-state index is 0.414. The lowest BCUT2D eigenvalue weighted by Gasteiger charge is -2.29. The van der Waals surface area contributed by atoms with Gasteiger partial charge in [0.2, 0.25) is 0 Å². The highest BCUT2D eigenvalue weighted by Crippen LogP contribution is 2.38. The van der Waals surface area contributed by atoms with Gasteiger partial charge in [-0.05, 0) is 43.0 Å². The minimum atomic E-state index is 0.414. The van der Waals surface area contributed by atoms with Crippen LogP contribution in [0.1, 0.15) is 43.2 Å². The molecule has 2 heteroatoms. The molecule has 0 aromatic heterocycles. The van der Waals surface area contributed by atoms with Gasteiger partial charge in [0.05, 0.1) is 0 Å². The predicted octanol–water partition coefficient (Wildman–Crippen LogP) is 2.71. The Balaban J connectivity index is 1.83. The van der Waals surface area contributed by atoms with Crippen LogP contribution in [0.25, 0.3) is 0 Å². The molecule has 0 bridgehead atoms. The zero-order valence-electron chi connectivity index (χ0n) is 10.7. The third-order valence-corrected chi connectivity index (χ3v) is 5.14. The first kappa shape index (κ1) is 10.6. The smallest absolute Gasteiger partial charge is 0.183 e. The topological polar surface area (TPSA) is 23.2 Å². The van der Waals surface area contributed by atoms with Gasteiger partial charge in [0, 0.05) is 30.7 Å². The van der Waals surface area contributed by atoms with Gasteiger partial charge in [-0.25, -0.2) is 4.58 Å². The molecule has 1 aromatic carbocycles. The molecule has 94 valence electrons. The lowest BCUT2D eigenvalue weighted by molar-refractivity contribution is -0.577. The van der Waals surface area contributed by atoms with Crippen molar-refractivity contribution in [3.8, 4) is 5.75 Å². The average molecular weight is 242 g/mol. The Bertz CT molecular complexity index is 532. The van der Waals surface area contributed by atoms with Gasteiger partial charge >= 0.3 is 0 Å². The van der Waals surface area contributed by atoms with Crippen molar-refractivity contribution in [3.63, 3.8) is 0 Å². The fourth-order valence-corrected chi connectivity index (χ4v) is 4.33. The molecule has 1 aliphatic carbocycles. The second kappa shape index (κ2) is 3.84. The highest BCUT2D eigenvalue weighted by Gasteiger charge is 2.42. The van der Waals surface area contributed by atoms with E-state index in [9.17, 15) is 5.11 Å². The van der Waals surface area contributed by atoms with Crippen LogP contribution in [0.4, 0.5) is 0 Å². The van der Waals surface area contributed by atoms with Gasteiger partial charge in [0.25, 0.3) is 0 Å². The van der Waals surface area contributed by atoms with Crippen molar-refractivity contribution in [1.29, 1.82) is 0 Å². The van der Waals surface area contributed by atoms with E-state index < -0.39 is 0 Å². The van der Waals surface area contributed by atoms with Crippen LogP contribution in [0.3, 0.4) is 0 Å². The molecule has 0 saturated heterocycles. The summed E-state index contributed by atoms with van der Waals surface area (Å²) < 4.78 is 2.69. The normalized spacial score (nSPS) is 29.8. The maximum absolute atomic E-state index is 9.61. The van der Waals surface area contributed by atoms with Crippen LogP contribution in [0.2, 0.25) is 0 Å². The molecule has 0 unspecified atom stereocenters. The van der Waals surface area contributed by atoms with Crippen molar-refractivity contribution < 1.29 is 9.68 Å². The molecule has 3 aliphatic rings. The molecule has 2 nitrogen and oxygen atoms in total. The number of hydrogen-bond acceptors (Lipinski definition) is 1. The Morgan fingerprint density at radius 2 is 2.06 bits per heavy atom. The lowest BCUT2D eigenvalue weighted by atomic mass is 9.85. The van der Waals surface area contributed by atoms with Crippen molar-refractivity contribution >= 4 is 5.71 Å². The van der Waals surface area contributed by atoms with Gasteiger partial charge < -0.3 is 5.11 Å². The maximum atomic E-state index is 9.61. The Labute approximate surface area is 108 Å². The number of phenols is 1. The zero-order chi connectivity index (χ0) is 12.1. The number of fused-ring (bicyclic) bond motifs is 4. The number of nitrogens with zero attached hydrogens (tertiary/aromatic N) is 1. The Hall–Kier alpha value is -1.31. The lowest BCUT2D eigenvalue weighted by Crippen LogP contribution is -2.43. The van der Waals surface area contributed by atoms with E-state index in [2.05, 4.69) is 10.6 Å². The molecule has 0 radical (unpaired) electrons. The van der Waals surface area contributed by atoms with E-state index in [0.717, 1.165) is 24.9 Å². The molecule has 2 heterocycles. The van der Waals surface area contributed by atoms with Gasteiger partial charge in [0.1, 0.15) is 12.3 Å². The van der Waals surface area contributed by atoms with E-state index in [0.29, 0.717) is 5.75 Å². The average Bonchev–Trinajstić information content (AvgIpc) is 2.86. The van der Waals surface area contributed by atoms with Crippen molar-refractivity contribution in [3.05, 3.63) is 29.3 Å². The van der Waals surface area contributed by atoms with Gasteiger partial charge in [-0.2, -0.15) is 0 Å². The summed E-state index contributed by atoms with van der Waals surface area (Å²) >= 11 is 0.